The second-order valence-electron chi connectivity index (χ2n) is 7.51. The van der Waals surface area contributed by atoms with E-state index in [9.17, 15) is 5.26 Å². The maximum absolute atomic E-state index is 9.81. The third-order valence-electron chi connectivity index (χ3n) is 5.59. The summed E-state index contributed by atoms with van der Waals surface area (Å²) in [4.78, 5) is 9.15. The lowest BCUT2D eigenvalue weighted by Crippen LogP contribution is -2.32. The Hall–Kier alpha value is -1.43. The number of nitrogens with zero attached hydrogens (tertiary/aromatic N) is 3. The SMILES string of the molecule is CCCCCC[C@H]1CC[C@@](C#N)(c2ncc(CCCC)cn2)CC1. The van der Waals surface area contributed by atoms with Gasteiger partial charge in [0.05, 0.1) is 6.07 Å². The Labute approximate surface area is 147 Å². The van der Waals surface area contributed by atoms with Gasteiger partial charge in [-0.3, -0.25) is 0 Å². The second-order valence-corrected chi connectivity index (χ2v) is 7.51. The van der Waals surface area contributed by atoms with Crippen molar-refractivity contribution in [2.45, 2.75) is 96.3 Å². The smallest absolute Gasteiger partial charge is 0.148 e. The first-order valence-corrected chi connectivity index (χ1v) is 9.96. The number of aromatic nitrogens is 2. The zero-order valence-corrected chi connectivity index (χ0v) is 15.6. The van der Waals surface area contributed by atoms with Gasteiger partial charge in [-0.2, -0.15) is 5.26 Å². The van der Waals surface area contributed by atoms with Crippen molar-refractivity contribution < 1.29 is 0 Å². The third-order valence-corrected chi connectivity index (χ3v) is 5.59. The Balaban J connectivity index is 1.90. The van der Waals surface area contributed by atoms with Gasteiger partial charge in [0.25, 0.3) is 0 Å². The molecule has 0 radical (unpaired) electrons. The summed E-state index contributed by atoms with van der Waals surface area (Å²) in [5, 5.41) is 9.81. The Bertz CT molecular complexity index is 507. The van der Waals surface area contributed by atoms with Crippen molar-refractivity contribution in [1.29, 1.82) is 5.26 Å². The van der Waals surface area contributed by atoms with Crippen LogP contribution in [0.25, 0.3) is 0 Å². The van der Waals surface area contributed by atoms with Crippen molar-refractivity contribution in [3.8, 4) is 6.07 Å². The lowest BCUT2D eigenvalue weighted by molar-refractivity contribution is 0.253. The highest BCUT2D eigenvalue weighted by atomic mass is 14.9. The van der Waals surface area contributed by atoms with Crippen molar-refractivity contribution in [3.63, 3.8) is 0 Å². The van der Waals surface area contributed by atoms with Crippen LogP contribution < -0.4 is 0 Å². The van der Waals surface area contributed by atoms with Crippen molar-refractivity contribution in [1.82, 2.24) is 9.97 Å². The molecule has 1 aromatic heterocycles. The minimum absolute atomic E-state index is 0.441. The van der Waals surface area contributed by atoms with Crippen LogP contribution in [0.3, 0.4) is 0 Å². The number of aryl methyl sites for hydroxylation is 1. The molecule has 132 valence electrons. The van der Waals surface area contributed by atoms with E-state index in [-0.39, 0.29) is 0 Å². The molecule has 1 aliphatic rings. The molecule has 0 aromatic carbocycles. The van der Waals surface area contributed by atoms with Crippen LogP contribution in [0, 0.1) is 17.2 Å². The van der Waals surface area contributed by atoms with Crippen LogP contribution in [0.1, 0.15) is 95.9 Å². The number of unbranched alkanes of at least 4 members (excludes halogenated alkanes) is 4. The lowest BCUT2D eigenvalue weighted by Gasteiger charge is -2.33. The zero-order valence-electron chi connectivity index (χ0n) is 15.6. The molecule has 1 heterocycles. The standard InChI is InChI=1S/C21H33N3/c1-3-5-7-8-10-18-11-13-21(17-22,14-12-18)20-23-15-19(16-24-20)9-6-4-2/h15-16,18H,3-14H2,1-2H3/t18-,21+. The summed E-state index contributed by atoms with van der Waals surface area (Å²) in [5.41, 5.74) is 0.752. The van der Waals surface area contributed by atoms with Crippen LogP contribution in [0.4, 0.5) is 0 Å². The van der Waals surface area contributed by atoms with E-state index in [1.165, 1.54) is 50.5 Å². The number of rotatable bonds is 9. The Morgan fingerprint density at radius 2 is 1.71 bits per heavy atom. The molecular formula is C21H33N3. The van der Waals surface area contributed by atoms with E-state index in [1.54, 1.807) is 0 Å². The van der Waals surface area contributed by atoms with Crippen LogP contribution in [0.15, 0.2) is 12.4 Å². The largest absolute Gasteiger partial charge is 0.239 e. The summed E-state index contributed by atoms with van der Waals surface area (Å²) in [7, 11) is 0. The molecule has 3 nitrogen and oxygen atoms in total. The molecule has 0 spiro atoms. The average molecular weight is 328 g/mol. The molecule has 1 fully saturated rings. The highest BCUT2D eigenvalue weighted by molar-refractivity contribution is 5.22. The molecule has 24 heavy (non-hydrogen) atoms. The van der Waals surface area contributed by atoms with E-state index in [1.807, 2.05) is 12.4 Å². The van der Waals surface area contributed by atoms with Crippen LogP contribution in [0.2, 0.25) is 0 Å². The molecule has 2 rings (SSSR count). The first-order valence-electron chi connectivity index (χ1n) is 9.96. The van der Waals surface area contributed by atoms with E-state index >= 15 is 0 Å². The van der Waals surface area contributed by atoms with Gasteiger partial charge in [-0.05, 0) is 50.0 Å². The molecule has 0 bridgehead atoms. The van der Waals surface area contributed by atoms with Gasteiger partial charge >= 0.3 is 0 Å². The highest BCUT2D eigenvalue weighted by Gasteiger charge is 2.39. The van der Waals surface area contributed by atoms with Gasteiger partial charge < -0.3 is 0 Å². The molecule has 0 amide bonds. The van der Waals surface area contributed by atoms with Gasteiger partial charge in [0.1, 0.15) is 11.2 Å². The van der Waals surface area contributed by atoms with Crippen molar-refractivity contribution in [2.24, 2.45) is 5.92 Å². The topological polar surface area (TPSA) is 49.6 Å². The quantitative estimate of drug-likeness (QED) is 0.543. The van der Waals surface area contributed by atoms with E-state index in [0.717, 1.165) is 43.8 Å². The van der Waals surface area contributed by atoms with Gasteiger partial charge in [0.15, 0.2) is 0 Å². The Kier molecular flexibility index (Phi) is 7.69. The van der Waals surface area contributed by atoms with Crippen molar-refractivity contribution in [3.05, 3.63) is 23.8 Å². The molecule has 0 saturated heterocycles. The summed E-state index contributed by atoms with van der Waals surface area (Å²) in [6.07, 6.45) is 18.1. The number of hydrogen-bond donors (Lipinski definition) is 0. The Morgan fingerprint density at radius 3 is 2.29 bits per heavy atom. The van der Waals surface area contributed by atoms with Crippen molar-refractivity contribution in [2.75, 3.05) is 0 Å². The summed E-state index contributed by atoms with van der Waals surface area (Å²) >= 11 is 0. The summed E-state index contributed by atoms with van der Waals surface area (Å²) in [6, 6.07) is 2.57. The summed E-state index contributed by atoms with van der Waals surface area (Å²) < 4.78 is 0. The molecule has 1 aliphatic carbocycles. The van der Waals surface area contributed by atoms with Crippen LogP contribution in [-0.2, 0) is 11.8 Å². The fourth-order valence-corrected chi connectivity index (χ4v) is 3.82. The molecular weight excluding hydrogens is 294 g/mol. The van der Waals surface area contributed by atoms with E-state index in [0.29, 0.717) is 0 Å². The molecule has 0 aliphatic heterocycles. The van der Waals surface area contributed by atoms with E-state index in [2.05, 4.69) is 29.9 Å². The monoisotopic (exact) mass is 327 g/mol. The summed E-state index contributed by atoms with van der Waals surface area (Å²) in [6.45, 7) is 4.45. The van der Waals surface area contributed by atoms with Crippen LogP contribution >= 0.6 is 0 Å². The predicted molar refractivity (Wildman–Crippen MR) is 98.7 cm³/mol. The molecule has 1 saturated carbocycles. The van der Waals surface area contributed by atoms with Crippen LogP contribution in [0.5, 0.6) is 0 Å². The van der Waals surface area contributed by atoms with Crippen LogP contribution in [-0.4, -0.2) is 9.97 Å². The van der Waals surface area contributed by atoms with Gasteiger partial charge in [-0.25, -0.2) is 9.97 Å². The fourth-order valence-electron chi connectivity index (χ4n) is 3.82. The maximum atomic E-state index is 9.81. The first kappa shape index (κ1) is 18.9. The third kappa shape index (κ3) is 5.03. The zero-order chi connectivity index (χ0) is 17.3. The molecule has 1 aromatic rings. The van der Waals surface area contributed by atoms with Gasteiger partial charge in [0.2, 0.25) is 0 Å². The van der Waals surface area contributed by atoms with Gasteiger partial charge in [-0.15, -0.1) is 0 Å². The number of nitriles is 1. The van der Waals surface area contributed by atoms with E-state index in [4.69, 9.17) is 0 Å². The number of hydrogen-bond acceptors (Lipinski definition) is 3. The minimum Gasteiger partial charge on any atom is -0.239 e. The minimum atomic E-state index is -0.441. The van der Waals surface area contributed by atoms with E-state index < -0.39 is 5.41 Å². The van der Waals surface area contributed by atoms with Gasteiger partial charge in [0, 0.05) is 12.4 Å². The second kappa shape index (κ2) is 9.77. The Morgan fingerprint density at radius 1 is 1.04 bits per heavy atom. The average Bonchev–Trinajstić information content (AvgIpc) is 2.64. The van der Waals surface area contributed by atoms with Gasteiger partial charge in [-0.1, -0.05) is 52.4 Å². The molecule has 3 heteroatoms. The predicted octanol–water partition coefficient (Wildman–Crippen LogP) is 5.74. The first-order chi connectivity index (χ1) is 11.7. The lowest BCUT2D eigenvalue weighted by atomic mass is 9.69. The molecule has 0 unspecified atom stereocenters. The summed E-state index contributed by atoms with van der Waals surface area (Å²) in [5.74, 6) is 1.56. The molecule has 0 atom stereocenters. The molecule has 0 N–H and O–H groups in total. The maximum Gasteiger partial charge on any atom is 0.148 e. The highest BCUT2D eigenvalue weighted by Crippen LogP contribution is 2.41. The normalized spacial score (nSPS) is 23.8. The fraction of sp³-hybridized carbons (Fsp3) is 0.762. The van der Waals surface area contributed by atoms with Crippen molar-refractivity contribution >= 4 is 0 Å².